The van der Waals surface area contributed by atoms with Crippen molar-refractivity contribution in [2.45, 2.75) is 40.3 Å². The number of thiazole rings is 1. The number of hydrogen-bond donors (Lipinski definition) is 2. The molecule has 26 heavy (non-hydrogen) atoms. The van der Waals surface area contributed by atoms with Gasteiger partial charge in [-0.2, -0.15) is 0 Å². The fourth-order valence-electron chi connectivity index (χ4n) is 2.59. The summed E-state index contributed by atoms with van der Waals surface area (Å²) in [5.41, 5.74) is 2.19. The highest BCUT2D eigenvalue weighted by Crippen LogP contribution is 2.30. The van der Waals surface area contributed by atoms with Gasteiger partial charge in [0.15, 0.2) is 17.5 Å². The van der Waals surface area contributed by atoms with E-state index < -0.39 is 0 Å². The maximum atomic E-state index is 5.75. The second-order valence-electron chi connectivity index (χ2n) is 6.13. The molecule has 0 fully saturated rings. The van der Waals surface area contributed by atoms with Crippen molar-refractivity contribution in [1.82, 2.24) is 15.6 Å². The Labute approximate surface area is 158 Å². The van der Waals surface area contributed by atoms with Crippen molar-refractivity contribution in [2.75, 3.05) is 19.8 Å². The lowest BCUT2D eigenvalue weighted by Gasteiger charge is -2.11. The van der Waals surface area contributed by atoms with Crippen LogP contribution in [0.25, 0.3) is 0 Å². The molecule has 0 unspecified atom stereocenters. The van der Waals surface area contributed by atoms with Crippen LogP contribution in [0, 0.1) is 13.8 Å². The molecular formula is C19H26N4O2S. The van der Waals surface area contributed by atoms with Crippen molar-refractivity contribution < 1.29 is 9.47 Å². The number of nitrogens with one attached hydrogen (secondary N) is 2. The van der Waals surface area contributed by atoms with Gasteiger partial charge in [-0.1, -0.05) is 6.07 Å². The van der Waals surface area contributed by atoms with Crippen LogP contribution >= 0.6 is 11.3 Å². The van der Waals surface area contributed by atoms with Crippen molar-refractivity contribution in [2.24, 2.45) is 4.99 Å². The molecule has 7 heteroatoms. The highest BCUT2D eigenvalue weighted by molar-refractivity contribution is 7.11. The van der Waals surface area contributed by atoms with E-state index in [2.05, 4.69) is 34.5 Å². The second kappa shape index (κ2) is 8.89. The Bertz CT molecular complexity index is 753. The third-order valence-corrected chi connectivity index (χ3v) is 5.13. The van der Waals surface area contributed by atoms with Gasteiger partial charge in [-0.25, -0.2) is 9.98 Å². The summed E-state index contributed by atoms with van der Waals surface area (Å²) in [4.78, 5) is 10.5. The molecule has 2 aromatic rings. The molecule has 2 heterocycles. The van der Waals surface area contributed by atoms with E-state index in [1.54, 1.807) is 11.3 Å². The van der Waals surface area contributed by atoms with Gasteiger partial charge in [-0.15, -0.1) is 11.3 Å². The van der Waals surface area contributed by atoms with Crippen molar-refractivity contribution in [1.29, 1.82) is 0 Å². The van der Waals surface area contributed by atoms with Crippen LogP contribution in [0.15, 0.2) is 23.2 Å². The van der Waals surface area contributed by atoms with Gasteiger partial charge in [0.2, 0.25) is 0 Å². The van der Waals surface area contributed by atoms with E-state index in [4.69, 9.17) is 9.47 Å². The topological polar surface area (TPSA) is 67.8 Å². The lowest BCUT2D eigenvalue weighted by molar-refractivity contribution is 0.297. The molecule has 1 aliphatic rings. The highest BCUT2D eigenvalue weighted by Gasteiger charge is 2.10. The summed E-state index contributed by atoms with van der Waals surface area (Å²) in [7, 11) is 0. The second-order valence-corrected chi connectivity index (χ2v) is 7.42. The number of benzene rings is 1. The van der Waals surface area contributed by atoms with E-state index in [9.17, 15) is 0 Å². The average molecular weight is 375 g/mol. The summed E-state index contributed by atoms with van der Waals surface area (Å²) in [6.07, 6.45) is 0.909. The Morgan fingerprint density at radius 3 is 2.73 bits per heavy atom. The predicted molar refractivity (Wildman–Crippen MR) is 105 cm³/mol. The maximum absolute atomic E-state index is 5.75. The lowest BCUT2D eigenvalue weighted by atomic mass is 10.2. The zero-order valence-corrected chi connectivity index (χ0v) is 16.4. The van der Waals surface area contributed by atoms with Gasteiger partial charge in [-0.05, 0) is 38.5 Å². The molecule has 1 aromatic heterocycles. The number of aryl methyl sites for hydroxylation is 2. The average Bonchev–Trinajstić information content (AvgIpc) is 2.83. The van der Waals surface area contributed by atoms with Crippen molar-refractivity contribution in [3.63, 3.8) is 0 Å². The molecule has 1 aliphatic heterocycles. The predicted octanol–water partition coefficient (Wildman–Crippen LogP) is 3.18. The highest BCUT2D eigenvalue weighted by atomic mass is 32.1. The number of fused-ring (bicyclic) bond motifs is 1. The normalized spacial score (nSPS) is 14.0. The molecule has 0 amide bonds. The molecule has 6 nitrogen and oxygen atoms in total. The van der Waals surface area contributed by atoms with Crippen LogP contribution < -0.4 is 20.1 Å². The molecule has 0 spiro atoms. The van der Waals surface area contributed by atoms with Gasteiger partial charge < -0.3 is 20.1 Å². The first-order chi connectivity index (χ1) is 12.7. The van der Waals surface area contributed by atoms with E-state index in [0.29, 0.717) is 26.3 Å². The number of rotatable bonds is 5. The van der Waals surface area contributed by atoms with E-state index in [1.165, 1.54) is 4.88 Å². The van der Waals surface area contributed by atoms with E-state index >= 15 is 0 Å². The van der Waals surface area contributed by atoms with E-state index in [1.807, 2.05) is 25.1 Å². The molecule has 0 saturated carbocycles. The number of guanidine groups is 1. The van der Waals surface area contributed by atoms with Gasteiger partial charge in [0.05, 0.1) is 32.0 Å². The Hall–Kier alpha value is -2.28. The molecule has 0 atom stereocenters. The minimum Gasteiger partial charge on any atom is -0.490 e. The summed E-state index contributed by atoms with van der Waals surface area (Å²) in [5, 5.41) is 7.70. The maximum Gasteiger partial charge on any atom is 0.191 e. The van der Waals surface area contributed by atoms with E-state index in [-0.39, 0.29) is 0 Å². The SMILES string of the molecule is CCNC(=NCc1ccc2c(c1)OCCCO2)NCc1nc(C)c(C)s1. The largest absolute Gasteiger partial charge is 0.490 e. The van der Waals surface area contributed by atoms with Gasteiger partial charge in [0.1, 0.15) is 5.01 Å². The minimum atomic E-state index is 0.571. The van der Waals surface area contributed by atoms with Crippen LogP contribution in [0.3, 0.4) is 0 Å². The Balaban J connectivity index is 1.64. The van der Waals surface area contributed by atoms with Gasteiger partial charge in [-0.3, -0.25) is 0 Å². The summed E-state index contributed by atoms with van der Waals surface area (Å²) in [5.74, 6) is 2.40. The van der Waals surface area contributed by atoms with Crippen molar-refractivity contribution in [3.8, 4) is 11.5 Å². The summed E-state index contributed by atoms with van der Waals surface area (Å²) in [6, 6.07) is 6.02. The molecule has 0 aliphatic carbocycles. The Morgan fingerprint density at radius 1 is 1.19 bits per heavy atom. The lowest BCUT2D eigenvalue weighted by Crippen LogP contribution is -2.36. The Morgan fingerprint density at radius 2 is 2.00 bits per heavy atom. The van der Waals surface area contributed by atoms with Crippen LogP contribution in [0.1, 0.15) is 34.5 Å². The smallest absolute Gasteiger partial charge is 0.191 e. The fraction of sp³-hybridized carbons (Fsp3) is 0.474. The number of hydrogen-bond acceptors (Lipinski definition) is 5. The monoisotopic (exact) mass is 374 g/mol. The standard InChI is InChI=1S/C19H26N4O2S/c1-4-20-19(22-12-18-23-13(2)14(3)26-18)21-11-15-6-7-16-17(10-15)25-9-5-8-24-16/h6-7,10H,4-5,8-9,11-12H2,1-3H3,(H2,20,21,22). The third-order valence-electron chi connectivity index (χ3n) is 4.06. The van der Waals surface area contributed by atoms with Crippen LogP contribution in [0.2, 0.25) is 0 Å². The molecule has 0 radical (unpaired) electrons. The number of aliphatic imine (C=N–C) groups is 1. The molecule has 140 valence electrons. The molecular weight excluding hydrogens is 348 g/mol. The minimum absolute atomic E-state index is 0.571. The van der Waals surface area contributed by atoms with Crippen LogP contribution in [0.4, 0.5) is 0 Å². The quantitative estimate of drug-likeness (QED) is 0.621. The van der Waals surface area contributed by atoms with Gasteiger partial charge in [0, 0.05) is 17.8 Å². The van der Waals surface area contributed by atoms with Crippen LogP contribution in [0.5, 0.6) is 11.5 Å². The first-order valence-electron chi connectivity index (χ1n) is 8.99. The van der Waals surface area contributed by atoms with Crippen LogP contribution in [-0.4, -0.2) is 30.7 Å². The number of nitrogens with zero attached hydrogens (tertiary/aromatic N) is 2. The third kappa shape index (κ3) is 4.88. The number of aromatic nitrogens is 1. The summed E-state index contributed by atoms with van der Waals surface area (Å²) < 4.78 is 11.4. The zero-order valence-electron chi connectivity index (χ0n) is 15.6. The molecule has 3 rings (SSSR count). The number of ether oxygens (including phenoxy) is 2. The molecule has 0 bridgehead atoms. The van der Waals surface area contributed by atoms with E-state index in [0.717, 1.165) is 46.7 Å². The van der Waals surface area contributed by atoms with Gasteiger partial charge in [0.25, 0.3) is 0 Å². The fourth-order valence-corrected chi connectivity index (χ4v) is 3.47. The molecule has 2 N–H and O–H groups in total. The first-order valence-corrected chi connectivity index (χ1v) is 9.81. The first kappa shape index (κ1) is 18.5. The zero-order chi connectivity index (χ0) is 18.4. The molecule has 1 aromatic carbocycles. The Kier molecular flexibility index (Phi) is 6.33. The van der Waals surface area contributed by atoms with Crippen LogP contribution in [-0.2, 0) is 13.1 Å². The van der Waals surface area contributed by atoms with Crippen molar-refractivity contribution >= 4 is 17.3 Å². The van der Waals surface area contributed by atoms with Crippen molar-refractivity contribution in [3.05, 3.63) is 39.3 Å². The molecule has 0 saturated heterocycles. The summed E-state index contributed by atoms with van der Waals surface area (Å²) >= 11 is 1.72. The van der Waals surface area contributed by atoms with Gasteiger partial charge >= 0.3 is 0 Å². The summed E-state index contributed by atoms with van der Waals surface area (Å²) in [6.45, 7) is 9.64.